The average molecular weight is 693 g/mol. The minimum Gasteiger partial charge on any atom is -0.234 e. The van der Waals surface area contributed by atoms with Gasteiger partial charge in [-0.25, -0.2) is 19.9 Å². The van der Waals surface area contributed by atoms with Gasteiger partial charge in [0.2, 0.25) is 0 Å². The van der Waals surface area contributed by atoms with Gasteiger partial charge in [-0.3, -0.25) is 0 Å². The van der Waals surface area contributed by atoms with Crippen LogP contribution in [-0.4, -0.2) is 19.9 Å². The van der Waals surface area contributed by atoms with Gasteiger partial charge in [-0.05, 0) is 27.7 Å². The van der Waals surface area contributed by atoms with Crippen molar-refractivity contribution < 1.29 is 0 Å². The molecule has 0 N–H and O–H groups in total. The molecular weight excluding hydrogens is 665 g/mol. The molecule has 4 heterocycles. The van der Waals surface area contributed by atoms with Gasteiger partial charge in [0, 0.05) is 22.3 Å². The van der Waals surface area contributed by atoms with Gasteiger partial charge < -0.3 is 0 Å². The van der Waals surface area contributed by atoms with Crippen LogP contribution in [0.5, 0.6) is 0 Å². The number of thiazole rings is 4. The van der Waals surface area contributed by atoms with Crippen LogP contribution in [0.2, 0.25) is 0 Å². The van der Waals surface area contributed by atoms with Crippen LogP contribution in [0.4, 0.5) is 0 Å². The normalized spacial score (nSPS) is 11.8. The van der Waals surface area contributed by atoms with Crippen LogP contribution >= 0.6 is 45.3 Å². The van der Waals surface area contributed by atoms with Crippen molar-refractivity contribution in [2.24, 2.45) is 0 Å². The first-order valence-electron chi connectivity index (χ1n) is 15.7. The van der Waals surface area contributed by atoms with E-state index in [1.165, 1.54) is 22.3 Å². The Morgan fingerprint density at radius 2 is 0.479 bits per heavy atom. The summed E-state index contributed by atoms with van der Waals surface area (Å²) in [7, 11) is 0. The van der Waals surface area contributed by atoms with Gasteiger partial charge in [0.1, 0.15) is 42.8 Å². The standard InChI is InChI=1S/C40H28N4S4/c1-21-5-13-25(14-6-21)37-41-29-33(45-37)30-35(47-38(42-30)26-15-7-22(2)8-16-26)32-36(48-40(44-32)28-19-11-24(4)12-20-28)31-34(29)46-39(43-31)27-17-9-23(3)10-18-27/h5-20H,1-4H3. The van der Waals surface area contributed by atoms with E-state index >= 15 is 0 Å². The first kappa shape index (κ1) is 29.5. The highest BCUT2D eigenvalue weighted by atomic mass is 32.1. The molecule has 0 spiro atoms. The average Bonchev–Trinajstić information content (AvgIpc) is 3.89. The van der Waals surface area contributed by atoms with E-state index in [-0.39, 0.29) is 0 Å². The molecule has 0 unspecified atom stereocenters. The zero-order valence-electron chi connectivity index (χ0n) is 26.7. The lowest BCUT2D eigenvalue weighted by atomic mass is 10.1. The van der Waals surface area contributed by atoms with Crippen LogP contribution in [0.25, 0.3) is 84.6 Å². The van der Waals surface area contributed by atoms with Crippen molar-refractivity contribution in [3.63, 3.8) is 0 Å². The quantitative estimate of drug-likeness (QED) is 0.184. The topological polar surface area (TPSA) is 51.6 Å². The number of aryl methyl sites for hydroxylation is 4. The smallest absolute Gasteiger partial charge is 0.124 e. The third kappa shape index (κ3) is 5.07. The third-order valence-corrected chi connectivity index (χ3v) is 13.0. The number of hydrogen-bond acceptors (Lipinski definition) is 8. The van der Waals surface area contributed by atoms with Crippen molar-refractivity contribution >= 4 is 45.3 Å². The highest BCUT2D eigenvalue weighted by Crippen LogP contribution is 2.56. The molecule has 0 saturated heterocycles. The molecule has 0 bridgehead atoms. The number of benzene rings is 4. The number of nitrogens with zero attached hydrogens (tertiary/aromatic N) is 4. The van der Waals surface area contributed by atoms with Crippen LogP contribution in [0.15, 0.2) is 97.1 Å². The molecule has 0 atom stereocenters. The maximum Gasteiger partial charge on any atom is 0.124 e. The van der Waals surface area contributed by atoms with Crippen molar-refractivity contribution in [1.82, 2.24) is 19.9 Å². The number of hydrogen-bond donors (Lipinski definition) is 0. The summed E-state index contributed by atoms with van der Waals surface area (Å²) in [5.74, 6) is 0. The molecule has 0 aliphatic heterocycles. The van der Waals surface area contributed by atoms with Gasteiger partial charge in [-0.2, -0.15) is 0 Å². The highest BCUT2D eigenvalue weighted by Gasteiger charge is 2.34. The Labute approximate surface area is 295 Å². The molecule has 0 fully saturated rings. The Hall–Kier alpha value is -4.60. The first-order valence-corrected chi connectivity index (χ1v) is 19.0. The lowest BCUT2D eigenvalue weighted by Crippen LogP contribution is -1.91. The maximum absolute atomic E-state index is 5.39. The van der Waals surface area contributed by atoms with Crippen LogP contribution in [-0.2, 0) is 0 Å². The predicted molar refractivity (Wildman–Crippen MR) is 205 cm³/mol. The second-order valence-corrected chi connectivity index (χ2v) is 16.2. The Balaban J connectivity index is 1.34. The molecule has 8 aromatic rings. The van der Waals surface area contributed by atoms with E-state index in [9.17, 15) is 0 Å². The Morgan fingerprint density at radius 1 is 0.292 bits per heavy atom. The second-order valence-electron chi connectivity index (χ2n) is 12.3. The SMILES string of the molecule is Cc1ccc(-c2nc3c(s2)-c2nc(-c4ccc(C)cc4)sc2-c2nc(-c4ccc(C)cc4)sc2-c2nc(-c4ccc(C)cc4)sc2-3)cc1. The summed E-state index contributed by atoms with van der Waals surface area (Å²) in [6.45, 7) is 8.47. The van der Waals surface area contributed by atoms with Crippen molar-refractivity contribution in [2.45, 2.75) is 27.7 Å². The summed E-state index contributed by atoms with van der Waals surface area (Å²) in [5, 5.41) is 3.91. The van der Waals surface area contributed by atoms with E-state index in [4.69, 9.17) is 19.9 Å². The molecule has 0 amide bonds. The molecule has 4 aromatic carbocycles. The fourth-order valence-electron chi connectivity index (χ4n) is 5.82. The van der Waals surface area contributed by atoms with Crippen molar-refractivity contribution in [3.05, 3.63) is 119 Å². The second kappa shape index (κ2) is 11.5. The zero-order valence-corrected chi connectivity index (χ0v) is 29.9. The van der Waals surface area contributed by atoms with E-state index in [2.05, 4.69) is 125 Å². The lowest BCUT2D eigenvalue weighted by molar-refractivity contribution is 1.34. The Morgan fingerprint density at radius 3 is 0.667 bits per heavy atom. The van der Waals surface area contributed by atoms with Crippen LogP contribution in [0.1, 0.15) is 22.3 Å². The zero-order chi connectivity index (χ0) is 32.5. The van der Waals surface area contributed by atoms with Gasteiger partial charge >= 0.3 is 0 Å². The van der Waals surface area contributed by atoms with Gasteiger partial charge in [-0.1, -0.05) is 119 Å². The summed E-state index contributed by atoms with van der Waals surface area (Å²) < 4.78 is 0. The summed E-state index contributed by atoms with van der Waals surface area (Å²) >= 11 is 6.83. The largest absolute Gasteiger partial charge is 0.234 e. The Kier molecular flexibility index (Phi) is 7.09. The van der Waals surface area contributed by atoms with Gasteiger partial charge in [0.15, 0.2) is 0 Å². The molecule has 1 aliphatic carbocycles. The minimum atomic E-state index is 0.944. The van der Waals surface area contributed by atoms with Gasteiger partial charge in [-0.15, -0.1) is 45.3 Å². The number of fused-ring (bicyclic) bond motifs is 8. The molecule has 0 saturated carbocycles. The van der Waals surface area contributed by atoms with E-state index in [1.807, 2.05) is 0 Å². The highest BCUT2D eigenvalue weighted by molar-refractivity contribution is 7.24. The summed E-state index contributed by atoms with van der Waals surface area (Å²) in [5.41, 5.74) is 13.1. The number of rotatable bonds is 4. The van der Waals surface area contributed by atoms with Crippen LogP contribution in [0, 0.1) is 27.7 Å². The molecular formula is C40H28N4S4. The van der Waals surface area contributed by atoms with E-state index in [0.717, 1.165) is 84.6 Å². The summed E-state index contributed by atoms with van der Waals surface area (Å²) in [4.78, 5) is 25.8. The minimum absolute atomic E-state index is 0.944. The maximum atomic E-state index is 5.39. The fourth-order valence-corrected chi connectivity index (χ4v) is 10.4. The molecule has 9 rings (SSSR count). The van der Waals surface area contributed by atoms with Crippen LogP contribution < -0.4 is 0 Å². The fraction of sp³-hybridized carbons (Fsp3) is 0.100. The van der Waals surface area contributed by atoms with E-state index in [1.54, 1.807) is 45.3 Å². The van der Waals surface area contributed by atoms with Gasteiger partial charge in [0.05, 0.1) is 19.5 Å². The molecule has 4 aromatic heterocycles. The van der Waals surface area contributed by atoms with E-state index < -0.39 is 0 Å². The van der Waals surface area contributed by atoms with Crippen molar-refractivity contribution in [1.29, 1.82) is 0 Å². The molecule has 0 radical (unpaired) electrons. The van der Waals surface area contributed by atoms with Crippen LogP contribution in [0.3, 0.4) is 0 Å². The number of aromatic nitrogens is 4. The monoisotopic (exact) mass is 692 g/mol. The first-order chi connectivity index (χ1) is 23.4. The molecule has 48 heavy (non-hydrogen) atoms. The molecule has 4 nitrogen and oxygen atoms in total. The summed E-state index contributed by atoms with van der Waals surface area (Å²) in [6.07, 6.45) is 0. The third-order valence-electron chi connectivity index (χ3n) is 8.56. The Bertz CT molecular complexity index is 2000. The van der Waals surface area contributed by atoms with Gasteiger partial charge in [0.25, 0.3) is 0 Å². The van der Waals surface area contributed by atoms with Crippen molar-refractivity contribution in [2.75, 3.05) is 0 Å². The summed E-state index contributed by atoms with van der Waals surface area (Å²) in [6, 6.07) is 34.5. The van der Waals surface area contributed by atoms with E-state index in [0.29, 0.717) is 0 Å². The van der Waals surface area contributed by atoms with Crippen molar-refractivity contribution in [3.8, 4) is 84.6 Å². The molecule has 232 valence electrons. The molecule has 1 aliphatic rings. The lowest BCUT2D eigenvalue weighted by Gasteiger charge is -2.07. The predicted octanol–water partition coefficient (Wildman–Crippen LogP) is 12.4. The molecule has 8 heteroatoms.